The maximum absolute atomic E-state index is 12.0. The maximum atomic E-state index is 12.0. The number of aryl methyl sites for hydroxylation is 1. The number of hydrogen-bond acceptors (Lipinski definition) is 11. The highest BCUT2D eigenvalue weighted by Gasteiger charge is 2.30. The first-order valence-corrected chi connectivity index (χ1v) is 9.62. The maximum Gasteiger partial charge on any atom is 0.343 e. The number of hydrogen-bond donors (Lipinski definition) is 1. The number of ether oxygens (including phenoxy) is 2. The molecule has 0 bridgehead atoms. The molecule has 2 N–H and O–H groups in total. The summed E-state index contributed by atoms with van der Waals surface area (Å²) >= 11 is 1.06. The Bertz CT molecular complexity index is 939. The second kappa shape index (κ2) is 9.37. The molecule has 2 rings (SSSR count). The summed E-state index contributed by atoms with van der Waals surface area (Å²) in [5.74, 6) is -0.178. The fourth-order valence-electron chi connectivity index (χ4n) is 2.80. The molecule has 0 radical (unpaired) electrons. The lowest BCUT2D eigenvalue weighted by Crippen LogP contribution is -2.32. The quantitative estimate of drug-likeness (QED) is 0.219. The van der Waals surface area contributed by atoms with Crippen LogP contribution in [0.15, 0.2) is 11.2 Å². The topological polar surface area (TPSA) is 147 Å². The van der Waals surface area contributed by atoms with Gasteiger partial charge in [0.2, 0.25) is 11.8 Å². The van der Waals surface area contributed by atoms with Gasteiger partial charge in [-0.15, -0.1) is 11.8 Å². The minimum absolute atomic E-state index is 0.0443. The molecule has 0 atom stereocenters. The lowest BCUT2D eigenvalue weighted by molar-refractivity contribution is -0.387. The number of anilines is 2. The van der Waals surface area contributed by atoms with Crippen molar-refractivity contribution in [2.24, 2.45) is 0 Å². The highest BCUT2D eigenvalue weighted by molar-refractivity contribution is 7.98. The van der Waals surface area contributed by atoms with Gasteiger partial charge in [-0.25, -0.2) is 0 Å². The highest BCUT2D eigenvalue weighted by atomic mass is 32.2. The average molecular weight is 422 g/mol. The molecule has 0 saturated heterocycles. The Morgan fingerprint density at radius 2 is 2.03 bits per heavy atom. The van der Waals surface area contributed by atoms with Gasteiger partial charge < -0.3 is 20.1 Å². The number of rotatable bonds is 8. The van der Waals surface area contributed by atoms with Gasteiger partial charge in [0.25, 0.3) is 0 Å². The molecule has 0 amide bonds. The lowest BCUT2D eigenvalue weighted by Gasteiger charge is -2.24. The number of nitrogens with zero attached hydrogens (tertiary/aromatic N) is 5. The number of thioether (sulfide) groups is 1. The zero-order valence-corrected chi connectivity index (χ0v) is 17.6. The van der Waals surface area contributed by atoms with Crippen LogP contribution in [0.3, 0.4) is 0 Å². The molecule has 0 unspecified atom stereocenters. The van der Waals surface area contributed by atoms with Gasteiger partial charge in [-0.3, -0.25) is 19.9 Å². The summed E-state index contributed by atoms with van der Waals surface area (Å²) in [6.07, 6.45) is 3.27. The standard InChI is InChI=1S/C17H22N6O5S/c1-9-6-19-11(10(2)14(9)28-4)7-22(8-12(24)27-3)15-13(23(25)26)16(29-5)21-17(18)20-15/h6H,7-8H2,1-5H3,(H2,18,20,21). The van der Waals surface area contributed by atoms with Gasteiger partial charge in [0.05, 0.1) is 31.4 Å². The van der Waals surface area contributed by atoms with Crippen molar-refractivity contribution in [3.63, 3.8) is 0 Å². The summed E-state index contributed by atoms with van der Waals surface area (Å²) in [7, 11) is 2.78. The van der Waals surface area contributed by atoms with Crippen LogP contribution in [0.2, 0.25) is 0 Å². The van der Waals surface area contributed by atoms with E-state index in [1.807, 2.05) is 13.8 Å². The predicted molar refractivity (Wildman–Crippen MR) is 108 cm³/mol. The van der Waals surface area contributed by atoms with E-state index < -0.39 is 10.9 Å². The molecule has 0 aliphatic heterocycles. The number of nitro groups is 1. The van der Waals surface area contributed by atoms with Crippen LogP contribution in [-0.4, -0.2) is 52.9 Å². The van der Waals surface area contributed by atoms with E-state index in [1.54, 1.807) is 19.6 Å². The summed E-state index contributed by atoms with van der Waals surface area (Å²) < 4.78 is 10.2. The number of nitrogens with two attached hydrogens (primary N) is 1. The molecule has 0 aliphatic carbocycles. The Hall–Kier alpha value is -3.15. The summed E-state index contributed by atoms with van der Waals surface area (Å²) in [4.78, 5) is 36.9. The smallest absolute Gasteiger partial charge is 0.343 e. The van der Waals surface area contributed by atoms with Gasteiger partial charge in [-0.2, -0.15) is 9.97 Å². The molecule has 2 aromatic rings. The average Bonchev–Trinajstić information content (AvgIpc) is 2.68. The molecule has 0 aliphatic rings. The van der Waals surface area contributed by atoms with Crippen LogP contribution in [0.4, 0.5) is 17.5 Å². The van der Waals surface area contributed by atoms with E-state index in [1.165, 1.54) is 12.0 Å². The van der Waals surface area contributed by atoms with E-state index in [4.69, 9.17) is 15.2 Å². The second-order valence-corrected chi connectivity index (χ2v) is 6.79. The van der Waals surface area contributed by atoms with Crippen molar-refractivity contribution < 1.29 is 19.2 Å². The minimum atomic E-state index is -0.598. The molecule has 156 valence electrons. The molecule has 2 heterocycles. The van der Waals surface area contributed by atoms with Crippen LogP contribution in [0.25, 0.3) is 0 Å². The minimum Gasteiger partial charge on any atom is -0.496 e. The van der Waals surface area contributed by atoms with E-state index in [2.05, 4.69) is 15.0 Å². The largest absolute Gasteiger partial charge is 0.496 e. The Morgan fingerprint density at radius 3 is 2.59 bits per heavy atom. The van der Waals surface area contributed by atoms with Crippen molar-refractivity contribution in [3.05, 3.63) is 33.1 Å². The van der Waals surface area contributed by atoms with Crippen molar-refractivity contribution in [3.8, 4) is 5.75 Å². The van der Waals surface area contributed by atoms with Gasteiger partial charge in [-0.1, -0.05) is 0 Å². The van der Waals surface area contributed by atoms with Crippen LogP contribution in [0, 0.1) is 24.0 Å². The number of nitrogen functional groups attached to an aromatic ring is 1. The number of carbonyl (C=O) groups is 1. The number of methoxy groups -OCH3 is 2. The second-order valence-electron chi connectivity index (χ2n) is 6.00. The number of pyridine rings is 1. The zero-order valence-electron chi connectivity index (χ0n) is 16.8. The van der Waals surface area contributed by atoms with Crippen molar-refractivity contribution in [1.82, 2.24) is 15.0 Å². The van der Waals surface area contributed by atoms with E-state index in [0.717, 1.165) is 22.9 Å². The molecule has 0 saturated carbocycles. The summed E-state index contributed by atoms with van der Waals surface area (Å²) in [5.41, 5.74) is 7.57. The highest BCUT2D eigenvalue weighted by Crippen LogP contribution is 2.36. The lowest BCUT2D eigenvalue weighted by atomic mass is 10.1. The van der Waals surface area contributed by atoms with Crippen LogP contribution in [0.5, 0.6) is 5.75 Å². The molecular formula is C17H22N6O5S. The van der Waals surface area contributed by atoms with E-state index in [9.17, 15) is 14.9 Å². The Morgan fingerprint density at radius 1 is 1.34 bits per heavy atom. The third-order valence-corrected chi connectivity index (χ3v) is 4.84. The molecule has 2 aromatic heterocycles. The molecule has 29 heavy (non-hydrogen) atoms. The molecule has 0 aromatic carbocycles. The van der Waals surface area contributed by atoms with Gasteiger partial charge >= 0.3 is 11.7 Å². The van der Waals surface area contributed by atoms with Gasteiger partial charge in [-0.05, 0) is 20.1 Å². The summed E-state index contributed by atoms with van der Waals surface area (Å²) in [6.45, 7) is 3.43. The fourth-order valence-corrected chi connectivity index (χ4v) is 3.34. The first-order chi connectivity index (χ1) is 13.7. The third-order valence-electron chi connectivity index (χ3n) is 4.16. The van der Waals surface area contributed by atoms with E-state index in [-0.39, 0.29) is 35.6 Å². The van der Waals surface area contributed by atoms with Crippen molar-refractivity contribution in [2.45, 2.75) is 25.4 Å². The Labute approximate surface area is 171 Å². The third kappa shape index (κ3) is 4.83. The molecule has 0 fully saturated rings. The molecule has 0 spiro atoms. The molecular weight excluding hydrogens is 400 g/mol. The molecule has 12 heteroatoms. The number of esters is 1. The van der Waals surface area contributed by atoms with Crippen LogP contribution < -0.4 is 15.4 Å². The van der Waals surface area contributed by atoms with Crippen molar-refractivity contribution >= 4 is 35.2 Å². The van der Waals surface area contributed by atoms with Crippen LogP contribution in [-0.2, 0) is 16.1 Å². The summed E-state index contributed by atoms with van der Waals surface area (Å²) in [5, 5.41) is 11.8. The van der Waals surface area contributed by atoms with Crippen molar-refractivity contribution in [1.29, 1.82) is 0 Å². The summed E-state index contributed by atoms with van der Waals surface area (Å²) in [6, 6.07) is 0. The van der Waals surface area contributed by atoms with Gasteiger partial charge in [0.15, 0.2) is 5.03 Å². The first-order valence-electron chi connectivity index (χ1n) is 8.40. The first kappa shape index (κ1) is 22.1. The fraction of sp³-hybridized carbons (Fsp3) is 0.412. The van der Waals surface area contributed by atoms with E-state index >= 15 is 0 Å². The monoisotopic (exact) mass is 422 g/mol. The number of carbonyl (C=O) groups excluding carboxylic acids is 1. The van der Waals surface area contributed by atoms with Crippen molar-refractivity contribution in [2.75, 3.05) is 37.7 Å². The van der Waals surface area contributed by atoms with Crippen LogP contribution in [0.1, 0.15) is 16.8 Å². The van der Waals surface area contributed by atoms with Gasteiger partial charge in [0.1, 0.15) is 12.3 Å². The predicted octanol–water partition coefficient (Wildman–Crippen LogP) is 1.89. The Balaban J connectivity index is 2.63. The Kier molecular flexibility index (Phi) is 7.15. The molecule has 11 nitrogen and oxygen atoms in total. The zero-order chi connectivity index (χ0) is 21.7. The van der Waals surface area contributed by atoms with Gasteiger partial charge in [0, 0.05) is 17.3 Å². The normalized spacial score (nSPS) is 10.5. The SMILES string of the molecule is COC(=O)CN(Cc1ncc(C)c(OC)c1C)c1nc(N)nc(SC)c1[N+](=O)[O-]. The number of aromatic nitrogens is 3. The van der Waals surface area contributed by atoms with E-state index in [0.29, 0.717) is 11.4 Å². The van der Waals surface area contributed by atoms with Crippen LogP contribution >= 0.6 is 11.8 Å².